The Bertz CT molecular complexity index is 1010. The van der Waals surface area contributed by atoms with Crippen molar-refractivity contribution in [2.75, 3.05) is 17.7 Å². The van der Waals surface area contributed by atoms with E-state index in [0.717, 1.165) is 28.3 Å². The molecule has 1 heterocycles. The lowest BCUT2D eigenvalue weighted by Gasteiger charge is -2.15. The summed E-state index contributed by atoms with van der Waals surface area (Å²) in [6.45, 7) is 8.56. The summed E-state index contributed by atoms with van der Waals surface area (Å²) in [7, 11) is 1.88. The maximum absolute atomic E-state index is 12.3. The predicted octanol–water partition coefficient (Wildman–Crippen LogP) is 4.70. The number of aryl methyl sites for hydroxylation is 2. The second-order valence-corrected chi connectivity index (χ2v) is 8.22. The number of nitrogens with zero attached hydrogens (tertiary/aromatic N) is 3. The van der Waals surface area contributed by atoms with Crippen molar-refractivity contribution in [2.45, 2.75) is 39.0 Å². The van der Waals surface area contributed by atoms with Gasteiger partial charge in [-0.25, -0.2) is 0 Å². The zero-order chi connectivity index (χ0) is 22.4. The lowest BCUT2D eigenvalue weighted by molar-refractivity contribution is -0.113. The zero-order valence-electron chi connectivity index (χ0n) is 18.5. The molecule has 7 nitrogen and oxygen atoms in total. The van der Waals surface area contributed by atoms with Gasteiger partial charge in [-0.05, 0) is 75.2 Å². The second-order valence-electron chi connectivity index (χ2n) is 7.28. The monoisotopic (exact) mass is 440 g/mol. The summed E-state index contributed by atoms with van der Waals surface area (Å²) in [6.07, 6.45) is -0.272. The summed E-state index contributed by atoms with van der Waals surface area (Å²) in [5, 5.41) is 12.0. The minimum absolute atomic E-state index is 0.113. The van der Waals surface area contributed by atoms with Crippen molar-refractivity contribution in [3.63, 3.8) is 0 Å². The Kier molecular flexibility index (Phi) is 7.57. The number of aromatic nitrogens is 3. The number of carbonyl (C=O) groups excluding carboxylic acids is 1. The van der Waals surface area contributed by atoms with Gasteiger partial charge in [0.2, 0.25) is 5.91 Å². The third-order valence-electron chi connectivity index (χ3n) is 4.52. The first kappa shape index (κ1) is 22.7. The Morgan fingerprint density at radius 2 is 1.77 bits per heavy atom. The minimum Gasteiger partial charge on any atom is -0.494 e. The van der Waals surface area contributed by atoms with Gasteiger partial charge in [-0.3, -0.25) is 4.79 Å². The third kappa shape index (κ3) is 6.24. The molecule has 1 unspecified atom stereocenters. The Hall–Kier alpha value is -3.00. The van der Waals surface area contributed by atoms with E-state index in [1.165, 1.54) is 11.8 Å². The van der Waals surface area contributed by atoms with Gasteiger partial charge in [-0.1, -0.05) is 17.8 Å². The molecule has 1 N–H and O–H groups in total. The summed E-state index contributed by atoms with van der Waals surface area (Å²) in [5.41, 5.74) is 3.02. The van der Waals surface area contributed by atoms with E-state index < -0.39 is 0 Å². The molecule has 3 aromatic rings. The normalized spacial score (nSPS) is 11.8. The first-order valence-corrected chi connectivity index (χ1v) is 11.1. The minimum atomic E-state index is -0.272. The van der Waals surface area contributed by atoms with Crippen LogP contribution in [-0.2, 0) is 11.8 Å². The van der Waals surface area contributed by atoms with E-state index in [0.29, 0.717) is 17.6 Å². The summed E-state index contributed by atoms with van der Waals surface area (Å²) < 4.78 is 13.3. The fourth-order valence-corrected chi connectivity index (χ4v) is 3.91. The molecular weight excluding hydrogens is 412 g/mol. The van der Waals surface area contributed by atoms with E-state index in [2.05, 4.69) is 21.6 Å². The quantitative estimate of drug-likeness (QED) is 0.486. The molecule has 0 bridgehead atoms. The Morgan fingerprint density at radius 1 is 1.10 bits per heavy atom. The highest BCUT2D eigenvalue weighted by Crippen LogP contribution is 2.25. The smallest absolute Gasteiger partial charge is 0.234 e. The van der Waals surface area contributed by atoms with Crippen molar-refractivity contribution in [1.29, 1.82) is 0 Å². The number of hydrogen-bond acceptors (Lipinski definition) is 6. The fraction of sp³-hybridized carbons (Fsp3) is 0.348. The number of anilines is 1. The van der Waals surface area contributed by atoms with Crippen LogP contribution >= 0.6 is 11.8 Å². The molecule has 0 fully saturated rings. The molecule has 1 atom stereocenters. The van der Waals surface area contributed by atoms with Gasteiger partial charge in [0.05, 0.1) is 12.4 Å². The van der Waals surface area contributed by atoms with Crippen molar-refractivity contribution < 1.29 is 14.3 Å². The summed E-state index contributed by atoms with van der Waals surface area (Å²) in [5.74, 6) is 2.40. The van der Waals surface area contributed by atoms with E-state index in [1.54, 1.807) is 0 Å². The van der Waals surface area contributed by atoms with Crippen LogP contribution in [0.15, 0.2) is 47.6 Å². The molecule has 2 aromatic carbocycles. The van der Waals surface area contributed by atoms with Crippen molar-refractivity contribution in [3.8, 4) is 11.5 Å². The highest BCUT2D eigenvalue weighted by Gasteiger charge is 2.18. The SMILES string of the molecule is CCOc1ccc(NC(=O)CSc2nnc(C(C)Oc3cc(C)cc(C)c3)n2C)cc1. The van der Waals surface area contributed by atoms with E-state index >= 15 is 0 Å². The average molecular weight is 441 g/mol. The molecule has 1 amide bonds. The number of hydrogen-bond donors (Lipinski definition) is 1. The first-order chi connectivity index (χ1) is 14.9. The number of ether oxygens (including phenoxy) is 2. The lowest BCUT2D eigenvalue weighted by atomic mass is 10.1. The summed E-state index contributed by atoms with van der Waals surface area (Å²) >= 11 is 1.33. The second kappa shape index (κ2) is 10.3. The average Bonchev–Trinajstić information content (AvgIpc) is 3.08. The number of carbonyl (C=O) groups is 1. The van der Waals surface area contributed by atoms with E-state index in [1.807, 2.05) is 75.7 Å². The molecule has 0 aliphatic heterocycles. The van der Waals surface area contributed by atoms with Crippen molar-refractivity contribution >= 4 is 23.4 Å². The Labute approximate surface area is 187 Å². The maximum Gasteiger partial charge on any atom is 0.234 e. The topological polar surface area (TPSA) is 78.3 Å². The summed E-state index contributed by atoms with van der Waals surface area (Å²) in [4.78, 5) is 12.3. The van der Waals surface area contributed by atoms with Crippen molar-refractivity contribution in [3.05, 3.63) is 59.4 Å². The lowest BCUT2D eigenvalue weighted by Crippen LogP contribution is -2.15. The molecule has 1 aromatic heterocycles. The molecule has 0 spiro atoms. The molecule has 0 saturated heterocycles. The standard InChI is InChI=1S/C23H28N4O3S/c1-6-29-19-9-7-18(8-10-19)24-21(28)14-31-23-26-25-22(27(23)5)17(4)30-20-12-15(2)11-16(3)13-20/h7-13,17H,6,14H2,1-5H3,(H,24,28). The molecule has 0 aliphatic carbocycles. The number of nitrogens with one attached hydrogen (secondary N) is 1. The predicted molar refractivity (Wildman–Crippen MR) is 123 cm³/mol. The molecule has 164 valence electrons. The number of thioether (sulfide) groups is 1. The van der Waals surface area contributed by atoms with Gasteiger partial charge in [0.15, 0.2) is 17.1 Å². The third-order valence-corrected chi connectivity index (χ3v) is 5.54. The van der Waals surface area contributed by atoms with Crippen LogP contribution in [0.3, 0.4) is 0 Å². The van der Waals surface area contributed by atoms with E-state index in [-0.39, 0.29) is 17.8 Å². The van der Waals surface area contributed by atoms with Crippen LogP contribution in [0.1, 0.15) is 36.9 Å². The molecule has 0 aliphatic rings. The van der Waals surface area contributed by atoms with Crippen LogP contribution < -0.4 is 14.8 Å². The number of amides is 1. The van der Waals surface area contributed by atoms with E-state index in [9.17, 15) is 4.79 Å². The van der Waals surface area contributed by atoms with Crippen molar-refractivity contribution in [1.82, 2.24) is 14.8 Å². The van der Waals surface area contributed by atoms with Gasteiger partial charge in [-0.15, -0.1) is 10.2 Å². The molecule has 8 heteroatoms. The van der Waals surface area contributed by atoms with Crippen LogP contribution in [0, 0.1) is 13.8 Å². The van der Waals surface area contributed by atoms with Crippen molar-refractivity contribution in [2.24, 2.45) is 7.05 Å². The first-order valence-electron chi connectivity index (χ1n) is 10.2. The molecule has 0 saturated carbocycles. The number of benzene rings is 2. The van der Waals surface area contributed by atoms with Gasteiger partial charge >= 0.3 is 0 Å². The van der Waals surface area contributed by atoms with Crippen LogP contribution in [0.25, 0.3) is 0 Å². The van der Waals surface area contributed by atoms with Gasteiger partial charge < -0.3 is 19.4 Å². The van der Waals surface area contributed by atoms with Crippen LogP contribution in [0.5, 0.6) is 11.5 Å². The zero-order valence-corrected chi connectivity index (χ0v) is 19.3. The highest BCUT2D eigenvalue weighted by molar-refractivity contribution is 7.99. The van der Waals surface area contributed by atoms with Gasteiger partial charge in [0.1, 0.15) is 11.5 Å². The molecule has 0 radical (unpaired) electrons. The van der Waals surface area contributed by atoms with Gasteiger partial charge in [-0.2, -0.15) is 0 Å². The molecular formula is C23H28N4O3S. The van der Waals surface area contributed by atoms with E-state index in [4.69, 9.17) is 9.47 Å². The largest absolute Gasteiger partial charge is 0.494 e. The maximum atomic E-state index is 12.3. The van der Waals surface area contributed by atoms with Crippen LogP contribution in [0.4, 0.5) is 5.69 Å². The Morgan fingerprint density at radius 3 is 2.42 bits per heavy atom. The van der Waals surface area contributed by atoms with Gasteiger partial charge in [0, 0.05) is 12.7 Å². The molecule has 31 heavy (non-hydrogen) atoms. The van der Waals surface area contributed by atoms with Crippen LogP contribution in [0.2, 0.25) is 0 Å². The summed E-state index contributed by atoms with van der Waals surface area (Å²) in [6, 6.07) is 13.4. The molecule has 3 rings (SSSR count). The van der Waals surface area contributed by atoms with Gasteiger partial charge in [0.25, 0.3) is 0 Å². The number of rotatable bonds is 9. The highest BCUT2D eigenvalue weighted by atomic mass is 32.2. The fourth-order valence-electron chi connectivity index (χ4n) is 3.19. The Balaban J connectivity index is 1.56. The van der Waals surface area contributed by atoms with Crippen LogP contribution in [-0.4, -0.2) is 33.0 Å².